The number of benzene rings is 1. The normalized spacial score (nSPS) is 10.7. The van der Waals surface area contributed by atoms with Crippen LogP contribution in [0.4, 0.5) is 11.5 Å². The fourth-order valence-corrected chi connectivity index (χ4v) is 2.24. The van der Waals surface area contributed by atoms with E-state index < -0.39 is 10.0 Å². The van der Waals surface area contributed by atoms with Crippen LogP contribution in [0.15, 0.2) is 39.8 Å². The predicted octanol–water partition coefficient (Wildman–Crippen LogP) is 1.53. The first-order valence-electron chi connectivity index (χ1n) is 4.79. The molecule has 0 fully saturated rings. The molecule has 98 valence electrons. The number of anilines is 2. The van der Waals surface area contributed by atoms with Crippen LogP contribution in [-0.4, -0.2) is 13.6 Å². The highest BCUT2D eigenvalue weighted by Crippen LogP contribution is 2.16. The van der Waals surface area contributed by atoms with Crippen LogP contribution in [0.5, 0.6) is 0 Å². The monoisotopic (exact) mass is 270 g/mol. The Morgan fingerprint density at radius 3 is 2.39 bits per heavy atom. The van der Waals surface area contributed by atoms with E-state index in [0.29, 0.717) is 11.4 Å². The predicted molar refractivity (Wildman–Crippen MR) is 67.9 cm³/mol. The van der Waals surface area contributed by atoms with Crippen molar-refractivity contribution in [2.45, 2.75) is 11.8 Å². The van der Waals surface area contributed by atoms with Crippen LogP contribution in [0.25, 0.3) is 0 Å². The molecule has 0 aliphatic rings. The van der Waals surface area contributed by atoms with Crippen molar-refractivity contribution < 1.29 is 12.9 Å². The first-order chi connectivity index (χ1) is 7.97. The van der Waals surface area contributed by atoms with Gasteiger partial charge < -0.3 is 16.4 Å². The van der Waals surface area contributed by atoms with Crippen LogP contribution in [0, 0.1) is 6.92 Å². The van der Waals surface area contributed by atoms with Gasteiger partial charge in [-0.15, -0.1) is 0 Å². The molecule has 0 unspecified atom stereocenters. The van der Waals surface area contributed by atoms with Crippen molar-refractivity contribution in [3.8, 4) is 0 Å². The fourth-order valence-electron chi connectivity index (χ4n) is 1.26. The summed E-state index contributed by atoms with van der Waals surface area (Å²) >= 11 is 0. The molecule has 1 heterocycles. The number of hydrogen-bond donors (Lipinski definition) is 3. The van der Waals surface area contributed by atoms with Gasteiger partial charge >= 0.3 is 0 Å². The van der Waals surface area contributed by atoms with Crippen molar-refractivity contribution in [2.24, 2.45) is 0 Å². The standard InChI is InChI=1S/C10H11N3O3S.H3N/c1-7-6-10(12-16-7)13-17(14,15)9-4-2-8(11)3-5-9;/h2-6H,11H2,1H3,(H,12,13);1H3. The molecule has 0 saturated heterocycles. The van der Waals surface area contributed by atoms with Crippen LogP contribution < -0.4 is 16.6 Å². The van der Waals surface area contributed by atoms with Crippen molar-refractivity contribution in [3.63, 3.8) is 0 Å². The highest BCUT2D eigenvalue weighted by molar-refractivity contribution is 7.92. The molecule has 0 radical (unpaired) electrons. The van der Waals surface area contributed by atoms with Gasteiger partial charge in [0.15, 0.2) is 5.82 Å². The topological polar surface area (TPSA) is 133 Å². The largest absolute Gasteiger partial charge is 0.399 e. The number of aromatic nitrogens is 1. The van der Waals surface area contributed by atoms with E-state index in [-0.39, 0.29) is 16.9 Å². The quantitative estimate of drug-likeness (QED) is 0.724. The number of aryl methyl sites for hydroxylation is 1. The lowest BCUT2D eigenvalue weighted by atomic mass is 10.3. The second-order valence-corrected chi connectivity index (χ2v) is 5.18. The third-order valence-electron chi connectivity index (χ3n) is 2.06. The minimum absolute atomic E-state index is 0. The zero-order valence-electron chi connectivity index (χ0n) is 9.75. The van der Waals surface area contributed by atoms with Gasteiger partial charge in [-0.05, 0) is 31.2 Å². The number of sulfonamides is 1. The van der Waals surface area contributed by atoms with Crippen molar-refractivity contribution in [2.75, 3.05) is 10.5 Å². The van der Waals surface area contributed by atoms with Gasteiger partial charge in [-0.25, -0.2) is 8.42 Å². The van der Waals surface area contributed by atoms with Gasteiger partial charge in [0.1, 0.15) is 5.76 Å². The van der Waals surface area contributed by atoms with E-state index in [1.807, 2.05) is 0 Å². The van der Waals surface area contributed by atoms with E-state index in [2.05, 4.69) is 9.88 Å². The molecule has 18 heavy (non-hydrogen) atoms. The smallest absolute Gasteiger partial charge is 0.263 e. The molecule has 1 aromatic heterocycles. The average molecular weight is 270 g/mol. The van der Waals surface area contributed by atoms with Gasteiger partial charge in [-0.3, -0.25) is 4.72 Å². The maximum absolute atomic E-state index is 11.9. The van der Waals surface area contributed by atoms with E-state index >= 15 is 0 Å². The van der Waals surface area contributed by atoms with E-state index in [9.17, 15) is 8.42 Å². The molecule has 6 N–H and O–H groups in total. The van der Waals surface area contributed by atoms with Crippen LogP contribution in [-0.2, 0) is 10.0 Å². The highest BCUT2D eigenvalue weighted by Gasteiger charge is 2.15. The molecule has 1 aromatic carbocycles. The van der Waals surface area contributed by atoms with Crippen LogP contribution in [0.2, 0.25) is 0 Å². The first-order valence-corrected chi connectivity index (χ1v) is 6.27. The second-order valence-electron chi connectivity index (χ2n) is 3.50. The zero-order valence-corrected chi connectivity index (χ0v) is 10.6. The van der Waals surface area contributed by atoms with Gasteiger partial charge in [0.25, 0.3) is 10.0 Å². The first kappa shape index (κ1) is 14.0. The summed E-state index contributed by atoms with van der Waals surface area (Å²) in [5, 5.41) is 3.55. The van der Waals surface area contributed by atoms with Crippen molar-refractivity contribution in [3.05, 3.63) is 36.1 Å². The number of nitrogens with two attached hydrogens (primary N) is 1. The van der Waals surface area contributed by atoms with E-state index in [1.54, 1.807) is 6.92 Å². The Morgan fingerprint density at radius 2 is 1.89 bits per heavy atom. The van der Waals surface area contributed by atoms with Crippen LogP contribution in [0.3, 0.4) is 0 Å². The number of nitrogens with one attached hydrogen (secondary N) is 1. The molecule has 0 saturated carbocycles. The molecule has 0 spiro atoms. The minimum Gasteiger partial charge on any atom is -0.399 e. The number of nitrogens with zero attached hydrogens (tertiary/aromatic N) is 1. The van der Waals surface area contributed by atoms with Crippen LogP contribution in [0.1, 0.15) is 5.76 Å². The molecule has 0 aliphatic heterocycles. The Bertz CT molecular complexity index is 619. The average Bonchev–Trinajstić information content (AvgIpc) is 2.63. The minimum atomic E-state index is -3.64. The summed E-state index contributed by atoms with van der Waals surface area (Å²) in [6, 6.07) is 7.37. The summed E-state index contributed by atoms with van der Waals surface area (Å²) in [7, 11) is -3.64. The Labute approximate surface area is 105 Å². The molecule has 0 atom stereocenters. The summed E-state index contributed by atoms with van der Waals surface area (Å²) in [5.74, 6) is 0.680. The Hall–Kier alpha value is -2.06. The molecule has 0 bridgehead atoms. The van der Waals surface area contributed by atoms with Crippen LogP contribution >= 0.6 is 0 Å². The molecule has 7 nitrogen and oxygen atoms in total. The SMILES string of the molecule is Cc1cc(NS(=O)(=O)c2ccc(N)cc2)no1.N. The fraction of sp³-hybridized carbons (Fsp3) is 0.100. The summed E-state index contributed by atoms with van der Waals surface area (Å²) in [5.41, 5.74) is 5.98. The summed E-state index contributed by atoms with van der Waals surface area (Å²) in [6.45, 7) is 1.67. The Morgan fingerprint density at radius 1 is 1.28 bits per heavy atom. The number of hydrogen-bond acceptors (Lipinski definition) is 6. The van der Waals surface area contributed by atoms with E-state index in [1.165, 1.54) is 30.3 Å². The lowest BCUT2D eigenvalue weighted by molar-refractivity contribution is 0.400. The molecular weight excluding hydrogens is 256 g/mol. The third-order valence-corrected chi connectivity index (χ3v) is 3.43. The van der Waals surface area contributed by atoms with Crippen molar-refractivity contribution >= 4 is 21.5 Å². The zero-order chi connectivity index (χ0) is 12.5. The molecule has 2 aromatic rings. The van der Waals surface area contributed by atoms with Gasteiger partial charge in [0, 0.05) is 11.8 Å². The van der Waals surface area contributed by atoms with E-state index in [4.69, 9.17) is 10.3 Å². The molecule has 8 heteroatoms. The Kier molecular flexibility index (Phi) is 3.94. The maximum Gasteiger partial charge on any atom is 0.263 e. The maximum atomic E-state index is 11.9. The Balaban J connectivity index is 0.00000162. The lowest BCUT2D eigenvalue weighted by Crippen LogP contribution is -2.13. The molecular formula is C10H14N4O3S. The number of rotatable bonds is 3. The summed E-state index contributed by atoms with van der Waals surface area (Å²) < 4.78 is 30.8. The summed E-state index contributed by atoms with van der Waals surface area (Å²) in [4.78, 5) is 0.118. The number of nitrogen functional groups attached to an aromatic ring is 1. The molecule has 0 amide bonds. The summed E-state index contributed by atoms with van der Waals surface area (Å²) in [6.07, 6.45) is 0. The van der Waals surface area contributed by atoms with E-state index in [0.717, 1.165) is 0 Å². The highest BCUT2D eigenvalue weighted by atomic mass is 32.2. The molecule has 2 rings (SSSR count). The lowest BCUT2D eigenvalue weighted by Gasteiger charge is -2.04. The van der Waals surface area contributed by atoms with Crippen molar-refractivity contribution in [1.29, 1.82) is 0 Å². The van der Waals surface area contributed by atoms with Crippen molar-refractivity contribution in [1.82, 2.24) is 11.3 Å². The van der Waals surface area contributed by atoms with Gasteiger partial charge in [0.2, 0.25) is 0 Å². The van der Waals surface area contributed by atoms with Gasteiger partial charge in [0.05, 0.1) is 4.90 Å². The van der Waals surface area contributed by atoms with Gasteiger partial charge in [-0.1, -0.05) is 5.16 Å². The second kappa shape index (κ2) is 5.07. The van der Waals surface area contributed by atoms with Gasteiger partial charge in [-0.2, -0.15) is 0 Å². The third kappa shape index (κ3) is 2.99. The molecule has 0 aliphatic carbocycles.